The summed E-state index contributed by atoms with van der Waals surface area (Å²) in [7, 11) is 0. The van der Waals surface area contributed by atoms with E-state index in [9.17, 15) is 9.59 Å². The molecule has 1 amide bonds. The second-order valence-electron chi connectivity index (χ2n) is 5.11. The molecule has 0 aromatic heterocycles. The van der Waals surface area contributed by atoms with E-state index in [0.29, 0.717) is 10.8 Å². The van der Waals surface area contributed by atoms with Crippen molar-refractivity contribution in [2.24, 2.45) is 0 Å². The lowest BCUT2D eigenvalue weighted by Crippen LogP contribution is -2.37. The fourth-order valence-corrected chi connectivity index (χ4v) is 1.97. The van der Waals surface area contributed by atoms with E-state index in [-0.39, 0.29) is 18.6 Å². The number of rotatable bonds is 6. The molecule has 0 spiro atoms. The molecule has 0 heterocycles. The largest absolute Gasteiger partial charge is 0.482 e. The maximum Gasteiger partial charge on any atom is 0.344 e. The molecular weight excluding hydrogens is 294 g/mol. The third-order valence-electron chi connectivity index (χ3n) is 3.08. The molecule has 0 aliphatic heterocycles. The fraction of sp³-hybridized carbons (Fsp3) is 0.467. The molecule has 0 bridgehead atoms. The quantitative estimate of drug-likeness (QED) is 0.818. The van der Waals surface area contributed by atoms with Gasteiger partial charge in [-0.15, -0.1) is 0 Å². The van der Waals surface area contributed by atoms with E-state index in [1.165, 1.54) is 0 Å². The van der Waals surface area contributed by atoms with Gasteiger partial charge in [0.2, 0.25) is 0 Å². The maximum absolute atomic E-state index is 11.7. The normalized spacial score (nSPS) is 15.2. The molecule has 1 aliphatic carbocycles. The topological polar surface area (TPSA) is 64.6 Å². The number of ether oxygens (including phenoxy) is 2. The summed E-state index contributed by atoms with van der Waals surface area (Å²) >= 11 is 5.84. The lowest BCUT2D eigenvalue weighted by Gasteiger charge is -2.14. The first-order valence-electron chi connectivity index (χ1n) is 6.84. The van der Waals surface area contributed by atoms with Crippen molar-refractivity contribution in [2.75, 3.05) is 6.61 Å². The number of amides is 1. The Kier molecular flexibility index (Phi) is 5.07. The second kappa shape index (κ2) is 6.80. The van der Waals surface area contributed by atoms with Crippen molar-refractivity contribution in [1.82, 2.24) is 5.32 Å². The van der Waals surface area contributed by atoms with Crippen LogP contribution in [-0.4, -0.2) is 30.6 Å². The third-order valence-corrected chi connectivity index (χ3v) is 3.32. The number of halogens is 1. The number of carbonyl (C=O) groups is 2. The molecule has 21 heavy (non-hydrogen) atoms. The summed E-state index contributed by atoms with van der Waals surface area (Å²) in [6.07, 6.45) is 1.17. The van der Waals surface area contributed by atoms with E-state index in [2.05, 4.69) is 5.32 Å². The fourth-order valence-electron chi connectivity index (χ4n) is 1.74. The SMILES string of the molecule is Cc1cc(Cl)ccc1OCC(=O)OC(C)C(=O)NC1CC1. The highest BCUT2D eigenvalue weighted by Crippen LogP contribution is 2.22. The van der Waals surface area contributed by atoms with Crippen molar-refractivity contribution in [3.05, 3.63) is 28.8 Å². The predicted molar refractivity (Wildman–Crippen MR) is 78.4 cm³/mol. The number of aryl methyl sites for hydroxylation is 1. The number of esters is 1. The van der Waals surface area contributed by atoms with Crippen LogP contribution >= 0.6 is 11.6 Å². The zero-order chi connectivity index (χ0) is 15.4. The minimum atomic E-state index is -0.812. The van der Waals surface area contributed by atoms with Crippen LogP contribution in [0, 0.1) is 6.92 Å². The molecule has 1 N–H and O–H groups in total. The van der Waals surface area contributed by atoms with Gasteiger partial charge in [-0.1, -0.05) is 11.6 Å². The molecule has 0 saturated heterocycles. The van der Waals surface area contributed by atoms with Gasteiger partial charge in [-0.25, -0.2) is 4.79 Å². The van der Waals surface area contributed by atoms with Gasteiger partial charge in [0.25, 0.3) is 5.91 Å². The van der Waals surface area contributed by atoms with E-state index >= 15 is 0 Å². The molecule has 1 fully saturated rings. The van der Waals surface area contributed by atoms with Crippen LogP contribution in [0.1, 0.15) is 25.3 Å². The van der Waals surface area contributed by atoms with Crippen LogP contribution in [0.3, 0.4) is 0 Å². The van der Waals surface area contributed by atoms with Crippen molar-refractivity contribution >= 4 is 23.5 Å². The van der Waals surface area contributed by atoms with Crippen LogP contribution < -0.4 is 10.1 Å². The van der Waals surface area contributed by atoms with Crippen LogP contribution in [0.2, 0.25) is 5.02 Å². The van der Waals surface area contributed by atoms with Crippen molar-refractivity contribution in [2.45, 2.75) is 38.8 Å². The zero-order valence-electron chi connectivity index (χ0n) is 12.0. The maximum atomic E-state index is 11.7. The summed E-state index contributed by atoms with van der Waals surface area (Å²) in [6.45, 7) is 3.13. The molecule has 5 nitrogen and oxygen atoms in total. The molecular formula is C15H18ClNO4. The summed E-state index contributed by atoms with van der Waals surface area (Å²) < 4.78 is 10.4. The van der Waals surface area contributed by atoms with Gasteiger partial charge in [0.1, 0.15) is 5.75 Å². The Morgan fingerprint density at radius 3 is 2.76 bits per heavy atom. The van der Waals surface area contributed by atoms with Gasteiger partial charge in [-0.3, -0.25) is 4.79 Å². The Labute approximate surface area is 128 Å². The Hall–Kier alpha value is -1.75. The average molecular weight is 312 g/mol. The van der Waals surface area contributed by atoms with Crippen molar-refractivity contribution in [3.63, 3.8) is 0 Å². The molecule has 1 saturated carbocycles. The summed E-state index contributed by atoms with van der Waals surface area (Å²) in [5.41, 5.74) is 0.829. The molecule has 1 unspecified atom stereocenters. The average Bonchev–Trinajstić information content (AvgIpc) is 3.21. The van der Waals surface area contributed by atoms with E-state index in [1.807, 2.05) is 6.92 Å². The lowest BCUT2D eigenvalue weighted by atomic mass is 10.2. The summed E-state index contributed by atoms with van der Waals surface area (Å²) in [6, 6.07) is 5.36. The minimum Gasteiger partial charge on any atom is -0.482 e. The summed E-state index contributed by atoms with van der Waals surface area (Å²) in [4.78, 5) is 23.3. The summed E-state index contributed by atoms with van der Waals surface area (Å²) in [5, 5.41) is 3.38. The van der Waals surface area contributed by atoms with Crippen LogP contribution in [-0.2, 0) is 14.3 Å². The van der Waals surface area contributed by atoms with Gasteiger partial charge in [-0.2, -0.15) is 0 Å². The van der Waals surface area contributed by atoms with Crippen LogP contribution in [0.15, 0.2) is 18.2 Å². The van der Waals surface area contributed by atoms with Gasteiger partial charge in [0.05, 0.1) is 0 Å². The number of nitrogens with one attached hydrogen (secondary N) is 1. The van der Waals surface area contributed by atoms with E-state index < -0.39 is 12.1 Å². The Morgan fingerprint density at radius 1 is 1.43 bits per heavy atom. The lowest BCUT2D eigenvalue weighted by molar-refractivity contribution is -0.156. The minimum absolute atomic E-state index is 0.242. The predicted octanol–water partition coefficient (Wildman–Crippen LogP) is 2.24. The van der Waals surface area contributed by atoms with Crippen molar-refractivity contribution < 1.29 is 19.1 Å². The molecule has 1 aliphatic rings. The molecule has 6 heteroatoms. The number of hydrogen-bond donors (Lipinski definition) is 1. The Balaban J connectivity index is 1.77. The van der Waals surface area contributed by atoms with Gasteiger partial charge < -0.3 is 14.8 Å². The Bertz CT molecular complexity index is 542. The zero-order valence-corrected chi connectivity index (χ0v) is 12.8. The summed E-state index contributed by atoms with van der Waals surface area (Å²) in [5.74, 6) is -0.289. The first-order chi connectivity index (χ1) is 9.95. The van der Waals surface area contributed by atoms with Crippen LogP contribution in [0.5, 0.6) is 5.75 Å². The van der Waals surface area contributed by atoms with Crippen LogP contribution in [0.25, 0.3) is 0 Å². The van der Waals surface area contributed by atoms with Gasteiger partial charge in [-0.05, 0) is 50.5 Å². The number of benzene rings is 1. The van der Waals surface area contributed by atoms with Crippen molar-refractivity contribution in [3.8, 4) is 5.75 Å². The smallest absolute Gasteiger partial charge is 0.344 e. The second-order valence-corrected chi connectivity index (χ2v) is 5.55. The molecule has 114 valence electrons. The molecule has 1 atom stereocenters. The first-order valence-corrected chi connectivity index (χ1v) is 7.22. The van der Waals surface area contributed by atoms with Gasteiger partial charge in [0.15, 0.2) is 12.7 Å². The van der Waals surface area contributed by atoms with Crippen molar-refractivity contribution in [1.29, 1.82) is 0 Å². The molecule has 0 radical (unpaired) electrons. The van der Waals surface area contributed by atoms with E-state index in [4.69, 9.17) is 21.1 Å². The van der Waals surface area contributed by atoms with Crippen LogP contribution in [0.4, 0.5) is 0 Å². The third kappa shape index (κ3) is 4.93. The molecule has 2 rings (SSSR count). The Morgan fingerprint density at radius 2 is 2.14 bits per heavy atom. The molecule has 1 aromatic rings. The van der Waals surface area contributed by atoms with Gasteiger partial charge in [0, 0.05) is 11.1 Å². The standard InChI is InChI=1S/C15H18ClNO4/c1-9-7-11(16)3-6-13(9)20-8-14(18)21-10(2)15(19)17-12-4-5-12/h3,6-7,10,12H,4-5,8H2,1-2H3,(H,17,19). The molecule has 1 aromatic carbocycles. The highest BCUT2D eigenvalue weighted by molar-refractivity contribution is 6.30. The number of hydrogen-bond acceptors (Lipinski definition) is 4. The van der Waals surface area contributed by atoms with Gasteiger partial charge >= 0.3 is 5.97 Å². The van der Waals surface area contributed by atoms with E-state index in [1.54, 1.807) is 25.1 Å². The first kappa shape index (κ1) is 15.6. The highest BCUT2D eigenvalue weighted by Gasteiger charge is 2.27. The highest BCUT2D eigenvalue weighted by atomic mass is 35.5. The number of carbonyl (C=O) groups excluding carboxylic acids is 2. The van der Waals surface area contributed by atoms with E-state index in [0.717, 1.165) is 18.4 Å². The monoisotopic (exact) mass is 311 g/mol.